The molecule has 0 N–H and O–H groups in total. The predicted molar refractivity (Wildman–Crippen MR) is 66.0 cm³/mol. The van der Waals surface area contributed by atoms with E-state index in [0.29, 0.717) is 12.1 Å². The lowest BCUT2D eigenvalue weighted by atomic mass is 9.97. The maximum atomic E-state index is 12.0. The Hall–Kier alpha value is -2.03. The molecule has 0 amide bonds. The van der Waals surface area contributed by atoms with Crippen LogP contribution in [-0.4, -0.2) is 15.8 Å². The fraction of sp³-hybridized carbons (Fsp3) is 0.214. The van der Waals surface area contributed by atoms with Crippen molar-refractivity contribution in [3.8, 4) is 0 Å². The maximum Gasteiger partial charge on any atom is 0.185 e. The predicted octanol–water partition coefficient (Wildman–Crippen LogP) is 2.52. The van der Waals surface area contributed by atoms with Gasteiger partial charge < -0.3 is 0 Å². The van der Waals surface area contributed by atoms with E-state index in [2.05, 4.69) is 9.97 Å². The van der Waals surface area contributed by atoms with Crippen LogP contribution in [0.2, 0.25) is 0 Å². The van der Waals surface area contributed by atoms with Gasteiger partial charge in [-0.25, -0.2) is 9.97 Å². The van der Waals surface area contributed by atoms with E-state index in [1.54, 1.807) is 12.3 Å². The second-order valence-corrected chi connectivity index (χ2v) is 4.06. The van der Waals surface area contributed by atoms with Gasteiger partial charge in [0.25, 0.3) is 0 Å². The van der Waals surface area contributed by atoms with Crippen molar-refractivity contribution in [3.63, 3.8) is 0 Å². The molecule has 3 nitrogen and oxygen atoms in total. The summed E-state index contributed by atoms with van der Waals surface area (Å²) in [4.78, 5) is 19.8. The van der Waals surface area contributed by atoms with Crippen molar-refractivity contribution in [1.29, 1.82) is 0 Å². The van der Waals surface area contributed by atoms with Crippen LogP contribution in [0.25, 0.3) is 0 Å². The van der Waals surface area contributed by atoms with Crippen molar-refractivity contribution < 1.29 is 4.79 Å². The molecule has 1 aromatic heterocycles. The van der Waals surface area contributed by atoms with Crippen LogP contribution < -0.4 is 0 Å². The Morgan fingerprint density at radius 3 is 2.47 bits per heavy atom. The molecule has 17 heavy (non-hydrogen) atoms. The van der Waals surface area contributed by atoms with Crippen LogP contribution in [0.4, 0.5) is 0 Å². The monoisotopic (exact) mass is 226 g/mol. The topological polar surface area (TPSA) is 42.9 Å². The summed E-state index contributed by atoms with van der Waals surface area (Å²) in [5.74, 6) is 0.0322. The summed E-state index contributed by atoms with van der Waals surface area (Å²) in [6, 6.07) is 7.70. The van der Waals surface area contributed by atoms with Crippen LogP contribution in [0, 0.1) is 13.8 Å². The molecule has 0 fully saturated rings. The fourth-order valence-corrected chi connectivity index (χ4v) is 1.83. The molecule has 0 unspecified atom stereocenters. The third-order valence-corrected chi connectivity index (χ3v) is 2.85. The van der Waals surface area contributed by atoms with Crippen LogP contribution in [0.3, 0.4) is 0 Å². The third-order valence-electron chi connectivity index (χ3n) is 2.85. The number of nitrogens with zero attached hydrogens (tertiary/aromatic N) is 2. The Morgan fingerprint density at radius 1 is 1.18 bits per heavy atom. The Bertz CT molecular complexity index is 515. The fourth-order valence-electron chi connectivity index (χ4n) is 1.83. The van der Waals surface area contributed by atoms with E-state index in [9.17, 15) is 4.79 Å². The Labute approximate surface area is 101 Å². The van der Waals surface area contributed by atoms with Gasteiger partial charge in [-0.3, -0.25) is 4.79 Å². The third kappa shape index (κ3) is 2.56. The van der Waals surface area contributed by atoms with Crippen molar-refractivity contribution in [2.24, 2.45) is 0 Å². The van der Waals surface area contributed by atoms with Crippen LogP contribution in [0.1, 0.15) is 27.2 Å². The molecule has 2 rings (SSSR count). The highest BCUT2D eigenvalue weighted by Gasteiger charge is 2.11. The summed E-state index contributed by atoms with van der Waals surface area (Å²) in [6.45, 7) is 4.05. The molecule has 86 valence electrons. The zero-order valence-electron chi connectivity index (χ0n) is 9.97. The number of rotatable bonds is 3. The van der Waals surface area contributed by atoms with E-state index in [-0.39, 0.29) is 5.78 Å². The SMILES string of the molecule is Cc1cccc(C)c1CC(=O)c1ccncn1. The second kappa shape index (κ2) is 4.87. The van der Waals surface area contributed by atoms with Crippen LogP contribution in [0.15, 0.2) is 36.8 Å². The number of Topliss-reactive ketones (excluding diaryl/α,β-unsaturated/α-hetero) is 1. The molecule has 0 aliphatic carbocycles. The summed E-state index contributed by atoms with van der Waals surface area (Å²) in [6.07, 6.45) is 3.39. The summed E-state index contributed by atoms with van der Waals surface area (Å²) < 4.78 is 0. The lowest BCUT2D eigenvalue weighted by Gasteiger charge is -2.08. The van der Waals surface area contributed by atoms with E-state index < -0.39 is 0 Å². The van der Waals surface area contributed by atoms with Gasteiger partial charge in [0.15, 0.2) is 5.78 Å². The molecule has 3 heteroatoms. The molecule has 0 saturated carbocycles. The van der Waals surface area contributed by atoms with Gasteiger partial charge in [0, 0.05) is 12.6 Å². The average Bonchev–Trinajstić information content (AvgIpc) is 2.35. The molecular formula is C14H14N2O. The molecule has 2 aromatic rings. The highest BCUT2D eigenvalue weighted by Crippen LogP contribution is 2.15. The van der Waals surface area contributed by atoms with E-state index in [4.69, 9.17) is 0 Å². The molecule has 0 radical (unpaired) electrons. The van der Waals surface area contributed by atoms with Gasteiger partial charge >= 0.3 is 0 Å². The van der Waals surface area contributed by atoms with Crippen LogP contribution >= 0.6 is 0 Å². The Kier molecular flexibility index (Phi) is 3.28. The molecule has 1 heterocycles. The van der Waals surface area contributed by atoms with Crippen molar-refractivity contribution in [2.45, 2.75) is 20.3 Å². The first-order chi connectivity index (χ1) is 8.18. The molecule has 0 spiro atoms. The zero-order chi connectivity index (χ0) is 12.3. The summed E-state index contributed by atoms with van der Waals surface area (Å²) >= 11 is 0. The number of hydrogen-bond acceptors (Lipinski definition) is 3. The quantitative estimate of drug-likeness (QED) is 0.755. The van der Waals surface area contributed by atoms with Gasteiger partial charge in [-0.15, -0.1) is 0 Å². The smallest absolute Gasteiger partial charge is 0.185 e. The van der Waals surface area contributed by atoms with E-state index in [1.165, 1.54) is 6.33 Å². The van der Waals surface area contributed by atoms with Crippen molar-refractivity contribution in [1.82, 2.24) is 9.97 Å². The van der Waals surface area contributed by atoms with Crippen molar-refractivity contribution in [2.75, 3.05) is 0 Å². The molecule has 0 aliphatic rings. The minimum absolute atomic E-state index is 0.0322. The number of carbonyl (C=O) groups excluding carboxylic acids is 1. The van der Waals surface area contributed by atoms with Crippen molar-refractivity contribution in [3.05, 3.63) is 59.2 Å². The normalized spacial score (nSPS) is 10.2. The van der Waals surface area contributed by atoms with Gasteiger partial charge in [-0.2, -0.15) is 0 Å². The van der Waals surface area contributed by atoms with Gasteiger partial charge in [0.1, 0.15) is 12.0 Å². The van der Waals surface area contributed by atoms with E-state index in [0.717, 1.165) is 16.7 Å². The zero-order valence-corrected chi connectivity index (χ0v) is 9.97. The van der Waals surface area contributed by atoms with E-state index in [1.807, 2.05) is 32.0 Å². The Balaban J connectivity index is 2.25. The molecule has 0 bridgehead atoms. The summed E-state index contributed by atoms with van der Waals surface area (Å²) in [5.41, 5.74) is 3.86. The molecular weight excluding hydrogens is 212 g/mol. The van der Waals surface area contributed by atoms with Crippen LogP contribution in [-0.2, 0) is 6.42 Å². The van der Waals surface area contributed by atoms with Crippen LogP contribution in [0.5, 0.6) is 0 Å². The molecule has 0 aliphatic heterocycles. The maximum absolute atomic E-state index is 12.0. The first-order valence-electron chi connectivity index (χ1n) is 5.53. The van der Waals surface area contributed by atoms with Crippen molar-refractivity contribution >= 4 is 5.78 Å². The van der Waals surface area contributed by atoms with Gasteiger partial charge in [-0.05, 0) is 36.6 Å². The lowest BCUT2D eigenvalue weighted by Crippen LogP contribution is -2.08. The largest absolute Gasteiger partial charge is 0.292 e. The second-order valence-electron chi connectivity index (χ2n) is 4.06. The average molecular weight is 226 g/mol. The van der Waals surface area contributed by atoms with Gasteiger partial charge in [-0.1, -0.05) is 18.2 Å². The molecule has 0 saturated heterocycles. The minimum atomic E-state index is 0.0322. The number of hydrogen-bond donors (Lipinski definition) is 0. The highest BCUT2D eigenvalue weighted by atomic mass is 16.1. The minimum Gasteiger partial charge on any atom is -0.292 e. The lowest BCUT2D eigenvalue weighted by molar-refractivity contribution is 0.0987. The number of carbonyl (C=O) groups is 1. The number of aromatic nitrogens is 2. The Morgan fingerprint density at radius 2 is 1.88 bits per heavy atom. The highest BCUT2D eigenvalue weighted by molar-refractivity contribution is 5.95. The number of aryl methyl sites for hydroxylation is 2. The number of benzene rings is 1. The summed E-state index contributed by atoms with van der Waals surface area (Å²) in [5, 5.41) is 0. The van der Waals surface area contributed by atoms with Gasteiger partial charge in [0.2, 0.25) is 0 Å². The first kappa shape index (κ1) is 11.5. The first-order valence-corrected chi connectivity index (χ1v) is 5.53. The summed E-state index contributed by atoms with van der Waals surface area (Å²) in [7, 11) is 0. The van der Waals surface area contributed by atoms with E-state index >= 15 is 0 Å². The number of ketones is 1. The van der Waals surface area contributed by atoms with Gasteiger partial charge in [0.05, 0.1) is 0 Å². The molecule has 1 aromatic carbocycles. The standard InChI is InChI=1S/C14H14N2O/c1-10-4-3-5-11(2)12(10)8-14(17)13-6-7-15-9-16-13/h3-7,9H,8H2,1-2H3. The molecule has 0 atom stereocenters.